The van der Waals surface area contributed by atoms with Gasteiger partial charge in [0, 0.05) is 18.5 Å². The number of H-pyrrole nitrogens is 1. The molecule has 1 aromatic heterocycles. The van der Waals surface area contributed by atoms with Gasteiger partial charge < -0.3 is 14.2 Å². The van der Waals surface area contributed by atoms with E-state index < -0.39 is 23.9 Å². The number of amides is 1. The number of hydrogen-bond donors (Lipinski definition) is 1. The predicted octanol–water partition coefficient (Wildman–Crippen LogP) is 3.67. The van der Waals surface area contributed by atoms with Crippen molar-refractivity contribution in [3.05, 3.63) is 57.6 Å². The summed E-state index contributed by atoms with van der Waals surface area (Å²) >= 11 is 0. The molecule has 1 N–H and O–H groups in total. The second kappa shape index (κ2) is 6.89. The van der Waals surface area contributed by atoms with E-state index in [1.54, 1.807) is 0 Å². The number of halogens is 3. The number of aromatic nitrogens is 1. The Morgan fingerprint density at radius 2 is 2.00 bits per heavy atom. The Hall–Kier alpha value is -2.71. The monoisotopic (exact) mass is 370 g/mol. The fourth-order valence-corrected chi connectivity index (χ4v) is 3.27. The molecule has 0 spiro atoms. The van der Waals surface area contributed by atoms with E-state index in [1.165, 1.54) is 30.2 Å². The van der Waals surface area contributed by atoms with Gasteiger partial charge in [-0.1, -0.05) is 12.1 Å². The Balaban J connectivity index is 1.89. The first-order valence-electron chi connectivity index (χ1n) is 7.99. The number of methoxy groups -OCH3 is 1. The fraction of sp³-hybridized carbons (Fsp3) is 0.412. The molecule has 6 nitrogen and oxygen atoms in total. The van der Waals surface area contributed by atoms with Crippen LogP contribution in [-0.4, -0.2) is 29.8 Å². The van der Waals surface area contributed by atoms with Crippen molar-refractivity contribution in [1.82, 2.24) is 10.1 Å². The lowest BCUT2D eigenvalue weighted by molar-refractivity contribution is -0.137. The van der Waals surface area contributed by atoms with E-state index in [2.05, 4.69) is 5.16 Å². The maximum atomic E-state index is 12.8. The normalized spacial score (nSPS) is 20.8. The number of ether oxygens (including phenoxy) is 1. The summed E-state index contributed by atoms with van der Waals surface area (Å²) in [5.41, 5.74) is -0.553. The molecule has 2 heterocycles. The molecule has 1 fully saturated rings. The Bertz CT molecular complexity index is 826. The highest BCUT2D eigenvalue weighted by molar-refractivity contribution is 5.68. The number of hydrogen-bond acceptors (Lipinski definition) is 4. The lowest BCUT2D eigenvalue weighted by atomic mass is 9.85. The zero-order valence-electron chi connectivity index (χ0n) is 13.9. The van der Waals surface area contributed by atoms with Crippen molar-refractivity contribution >= 4 is 6.09 Å². The topological polar surface area (TPSA) is 75.5 Å². The average molecular weight is 370 g/mol. The Morgan fingerprint density at radius 1 is 1.31 bits per heavy atom. The van der Waals surface area contributed by atoms with Gasteiger partial charge in [-0.15, -0.1) is 0 Å². The van der Waals surface area contributed by atoms with Gasteiger partial charge in [0.15, 0.2) is 0 Å². The average Bonchev–Trinajstić information content (AvgIpc) is 3.06. The van der Waals surface area contributed by atoms with Crippen LogP contribution in [-0.2, 0) is 10.9 Å². The van der Waals surface area contributed by atoms with E-state index in [4.69, 9.17) is 9.26 Å². The molecular weight excluding hydrogens is 353 g/mol. The summed E-state index contributed by atoms with van der Waals surface area (Å²) in [4.78, 5) is 24.8. The van der Waals surface area contributed by atoms with Crippen LogP contribution in [0.4, 0.5) is 18.0 Å². The van der Waals surface area contributed by atoms with Gasteiger partial charge in [0.2, 0.25) is 0 Å². The molecule has 26 heavy (non-hydrogen) atoms. The Kier molecular flexibility index (Phi) is 4.80. The molecule has 2 aromatic rings. The molecule has 0 unspecified atom stereocenters. The molecule has 2 atom stereocenters. The van der Waals surface area contributed by atoms with Gasteiger partial charge >= 0.3 is 12.3 Å². The highest BCUT2D eigenvalue weighted by Gasteiger charge is 2.36. The van der Waals surface area contributed by atoms with Crippen molar-refractivity contribution in [2.45, 2.75) is 31.0 Å². The summed E-state index contributed by atoms with van der Waals surface area (Å²) in [5.74, 6) is 0.332. The van der Waals surface area contributed by atoms with Crippen LogP contribution in [0.15, 0.2) is 39.6 Å². The summed E-state index contributed by atoms with van der Waals surface area (Å²) in [6, 6.07) is 5.57. The minimum atomic E-state index is -4.43. The largest absolute Gasteiger partial charge is 0.453 e. The van der Waals surface area contributed by atoms with Gasteiger partial charge in [0.25, 0.3) is 5.56 Å². The lowest BCUT2D eigenvalue weighted by Gasteiger charge is -2.38. The second-order valence-electron chi connectivity index (χ2n) is 6.14. The van der Waals surface area contributed by atoms with E-state index in [0.29, 0.717) is 30.7 Å². The number of rotatable bonds is 2. The molecule has 9 heteroatoms. The van der Waals surface area contributed by atoms with Crippen molar-refractivity contribution in [2.75, 3.05) is 13.7 Å². The van der Waals surface area contributed by atoms with Crippen LogP contribution < -0.4 is 5.56 Å². The number of nitrogens with one attached hydrogen (secondary N) is 1. The second-order valence-corrected chi connectivity index (χ2v) is 6.14. The summed E-state index contributed by atoms with van der Waals surface area (Å²) in [6.45, 7) is 0.331. The molecule has 140 valence electrons. The predicted molar refractivity (Wildman–Crippen MR) is 84.6 cm³/mol. The number of carbonyl (C=O) groups is 1. The third kappa shape index (κ3) is 3.61. The summed E-state index contributed by atoms with van der Waals surface area (Å²) < 4.78 is 48.3. The smallest absolute Gasteiger partial charge is 0.416 e. The third-order valence-corrected chi connectivity index (χ3v) is 4.58. The van der Waals surface area contributed by atoms with Crippen molar-refractivity contribution < 1.29 is 27.2 Å². The van der Waals surface area contributed by atoms with Crippen molar-refractivity contribution in [1.29, 1.82) is 0 Å². The third-order valence-electron chi connectivity index (χ3n) is 4.58. The number of aromatic amines is 1. The van der Waals surface area contributed by atoms with Gasteiger partial charge in [-0.05, 0) is 30.5 Å². The summed E-state index contributed by atoms with van der Waals surface area (Å²) in [6.07, 6.45) is -4.03. The zero-order chi connectivity index (χ0) is 18.9. The molecule has 1 amide bonds. The van der Waals surface area contributed by atoms with Gasteiger partial charge in [-0.25, -0.2) is 4.79 Å². The molecule has 0 saturated carbocycles. The van der Waals surface area contributed by atoms with E-state index >= 15 is 0 Å². The number of benzene rings is 1. The standard InChI is InChI=1S/C17H17F3N2O4/c1-25-16(24)22-7-6-11(14-9-15(23)21-26-14)8-13(22)10-2-4-12(5-3-10)17(18,19)20/h2-5,9,11,13H,6-8H2,1H3,(H,21,23)/t11-,13+/m1/s1. The van der Waals surface area contributed by atoms with Crippen molar-refractivity contribution in [2.24, 2.45) is 0 Å². The van der Waals surface area contributed by atoms with Gasteiger partial charge in [-0.3, -0.25) is 4.79 Å². The SMILES string of the molecule is COC(=O)N1CC[C@@H](c2cc(=O)[nH]o2)C[C@H]1c1ccc(C(F)(F)F)cc1. The highest BCUT2D eigenvalue weighted by Crippen LogP contribution is 2.40. The molecule has 3 rings (SSSR count). The first kappa shape index (κ1) is 18.1. The minimum absolute atomic E-state index is 0.137. The van der Waals surface area contributed by atoms with Gasteiger partial charge in [0.1, 0.15) is 5.76 Å². The van der Waals surface area contributed by atoms with E-state index in [9.17, 15) is 22.8 Å². The van der Waals surface area contributed by atoms with Crippen LogP contribution in [0.1, 0.15) is 41.7 Å². The number of piperidine rings is 1. The lowest BCUT2D eigenvalue weighted by Crippen LogP contribution is -2.40. The van der Waals surface area contributed by atoms with Crippen LogP contribution in [0.2, 0.25) is 0 Å². The van der Waals surface area contributed by atoms with Crippen LogP contribution >= 0.6 is 0 Å². The van der Waals surface area contributed by atoms with Crippen molar-refractivity contribution in [3.8, 4) is 0 Å². The first-order valence-corrected chi connectivity index (χ1v) is 7.99. The van der Waals surface area contributed by atoms with Gasteiger partial charge in [0.05, 0.1) is 18.7 Å². The fourth-order valence-electron chi connectivity index (χ4n) is 3.27. The minimum Gasteiger partial charge on any atom is -0.453 e. The van der Waals surface area contributed by atoms with Crippen LogP contribution in [0, 0.1) is 0 Å². The van der Waals surface area contributed by atoms with Crippen LogP contribution in [0.25, 0.3) is 0 Å². The van der Waals surface area contributed by atoms with Crippen LogP contribution in [0.3, 0.4) is 0 Å². The molecule has 0 aliphatic carbocycles. The maximum absolute atomic E-state index is 12.8. The summed E-state index contributed by atoms with van der Waals surface area (Å²) in [7, 11) is 1.25. The Labute approximate surface area is 146 Å². The summed E-state index contributed by atoms with van der Waals surface area (Å²) in [5, 5.41) is 2.23. The van der Waals surface area contributed by atoms with Crippen molar-refractivity contribution in [3.63, 3.8) is 0 Å². The molecular formula is C17H17F3N2O4. The first-order chi connectivity index (χ1) is 12.3. The number of likely N-dealkylation sites (tertiary alicyclic amines) is 1. The molecule has 1 aromatic carbocycles. The molecule has 0 radical (unpaired) electrons. The highest BCUT2D eigenvalue weighted by atomic mass is 19.4. The molecule has 1 saturated heterocycles. The van der Waals surface area contributed by atoms with E-state index in [0.717, 1.165) is 12.1 Å². The van der Waals surface area contributed by atoms with E-state index in [1.807, 2.05) is 0 Å². The molecule has 1 aliphatic heterocycles. The Morgan fingerprint density at radius 3 is 2.54 bits per heavy atom. The zero-order valence-corrected chi connectivity index (χ0v) is 13.9. The number of nitrogens with zero attached hydrogens (tertiary/aromatic N) is 1. The van der Waals surface area contributed by atoms with Gasteiger partial charge in [-0.2, -0.15) is 18.3 Å². The molecule has 0 bridgehead atoms. The van der Waals surface area contributed by atoms with E-state index in [-0.39, 0.29) is 11.5 Å². The maximum Gasteiger partial charge on any atom is 0.416 e. The quantitative estimate of drug-likeness (QED) is 0.875. The number of alkyl halides is 3. The number of carbonyl (C=O) groups excluding carboxylic acids is 1. The molecule has 1 aliphatic rings. The van der Waals surface area contributed by atoms with Crippen LogP contribution in [0.5, 0.6) is 0 Å².